The highest BCUT2D eigenvalue weighted by Gasteiger charge is 2.06. The number of aliphatic hydroxyl groups is 1. The predicted octanol–water partition coefficient (Wildman–Crippen LogP) is 0.316. The Morgan fingerprint density at radius 2 is 2.20 bits per heavy atom. The SMILES string of the molecule is C=CS(=O)(=O)CCC(C)O. The standard InChI is InChI=1S/C6H12O3S/c1-3-10(8,9)5-4-6(2)7/h3,6-7H,1,4-5H2,2H3. The second kappa shape index (κ2) is 3.73. The van der Waals surface area contributed by atoms with Crippen LogP contribution in [0.15, 0.2) is 12.0 Å². The molecule has 1 atom stereocenters. The summed E-state index contributed by atoms with van der Waals surface area (Å²) in [5.41, 5.74) is 0. The van der Waals surface area contributed by atoms with Gasteiger partial charge in [0.2, 0.25) is 0 Å². The molecule has 0 aliphatic heterocycles. The molecule has 4 heteroatoms. The molecule has 0 aliphatic rings. The van der Waals surface area contributed by atoms with E-state index in [2.05, 4.69) is 6.58 Å². The molecule has 0 aliphatic carbocycles. The average Bonchev–Trinajstić information content (AvgIpc) is 1.85. The predicted molar refractivity (Wildman–Crippen MR) is 40.3 cm³/mol. The van der Waals surface area contributed by atoms with Gasteiger partial charge in [0.05, 0.1) is 11.9 Å². The third kappa shape index (κ3) is 4.52. The van der Waals surface area contributed by atoms with E-state index in [4.69, 9.17) is 5.11 Å². The quantitative estimate of drug-likeness (QED) is 0.651. The summed E-state index contributed by atoms with van der Waals surface area (Å²) >= 11 is 0. The molecular formula is C6H12O3S. The van der Waals surface area contributed by atoms with Crippen molar-refractivity contribution in [3.8, 4) is 0 Å². The Morgan fingerprint density at radius 1 is 1.70 bits per heavy atom. The Hall–Kier alpha value is -0.350. The first-order valence-electron chi connectivity index (χ1n) is 3.01. The zero-order chi connectivity index (χ0) is 8.20. The molecular weight excluding hydrogens is 152 g/mol. The molecule has 1 N–H and O–H groups in total. The maximum absolute atomic E-state index is 10.7. The molecule has 0 aromatic rings. The number of sulfone groups is 1. The first-order chi connectivity index (χ1) is 4.48. The molecule has 10 heavy (non-hydrogen) atoms. The van der Waals surface area contributed by atoms with Crippen LogP contribution in [0, 0.1) is 0 Å². The van der Waals surface area contributed by atoms with Crippen molar-refractivity contribution < 1.29 is 13.5 Å². The van der Waals surface area contributed by atoms with Crippen molar-refractivity contribution in [2.24, 2.45) is 0 Å². The summed E-state index contributed by atoms with van der Waals surface area (Å²) in [4.78, 5) is 0. The van der Waals surface area contributed by atoms with Gasteiger partial charge in [-0.05, 0) is 13.3 Å². The summed E-state index contributed by atoms with van der Waals surface area (Å²) in [6, 6.07) is 0. The van der Waals surface area contributed by atoms with Gasteiger partial charge in [0.1, 0.15) is 0 Å². The highest BCUT2D eigenvalue weighted by molar-refractivity contribution is 7.94. The molecule has 0 bridgehead atoms. The van der Waals surface area contributed by atoms with E-state index in [1.807, 2.05) is 0 Å². The molecule has 0 heterocycles. The summed E-state index contributed by atoms with van der Waals surface area (Å²) in [6.07, 6.45) is -0.288. The van der Waals surface area contributed by atoms with Crippen molar-refractivity contribution in [3.05, 3.63) is 12.0 Å². The summed E-state index contributed by atoms with van der Waals surface area (Å²) in [6.45, 7) is 4.69. The van der Waals surface area contributed by atoms with Crippen LogP contribution in [0.25, 0.3) is 0 Å². The van der Waals surface area contributed by atoms with Crippen LogP contribution in [0.4, 0.5) is 0 Å². The fourth-order valence-corrected chi connectivity index (χ4v) is 1.25. The third-order valence-corrected chi connectivity index (χ3v) is 2.39. The summed E-state index contributed by atoms with van der Waals surface area (Å²) in [5, 5.41) is 9.62. The number of hydrogen-bond donors (Lipinski definition) is 1. The minimum absolute atomic E-state index is 0.0197. The summed E-state index contributed by atoms with van der Waals surface area (Å²) in [7, 11) is -3.11. The van der Waals surface area contributed by atoms with Crippen LogP contribution < -0.4 is 0 Å². The zero-order valence-electron chi connectivity index (χ0n) is 5.95. The van der Waals surface area contributed by atoms with Gasteiger partial charge in [-0.1, -0.05) is 6.58 Å². The Bertz CT molecular complexity index is 191. The lowest BCUT2D eigenvalue weighted by molar-refractivity contribution is 0.191. The number of rotatable bonds is 4. The maximum Gasteiger partial charge on any atom is 0.171 e. The Kier molecular flexibility index (Phi) is 3.60. The Labute approximate surface area is 61.3 Å². The molecule has 3 nitrogen and oxygen atoms in total. The topological polar surface area (TPSA) is 54.4 Å². The van der Waals surface area contributed by atoms with Crippen LogP contribution in [0.5, 0.6) is 0 Å². The molecule has 1 unspecified atom stereocenters. The Balaban J connectivity index is 3.81. The minimum atomic E-state index is -3.11. The van der Waals surface area contributed by atoms with Crippen molar-refractivity contribution in [2.45, 2.75) is 19.4 Å². The van der Waals surface area contributed by atoms with E-state index in [0.717, 1.165) is 5.41 Å². The van der Waals surface area contributed by atoms with E-state index >= 15 is 0 Å². The number of hydrogen-bond acceptors (Lipinski definition) is 3. The van der Waals surface area contributed by atoms with Gasteiger partial charge in [0.25, 0.3) is 0 Å². The van der Waals surface area contributed by atoms with Crippen LogP contribution in [0.1, 0.15) is 13.3 Å². The normalized spacial score (nSPS) is 14.6. The zero-order valence-corrected chi connectivity index (χ0v) is 6.76. The van der Waals surface area contributed by atoms with Gasteiger partial charge < -0.3 is 5.11 Å². The summed E-state index contributed by atoms with van der Waals surface area (Å²) < 4.78 is 21.3. The van der Waals surface area contributed by atoms with Crippen molar-refractivity contribution in [3.63, 3.8) is 0 Å². The lowest BCUT2D eigenvalue weighted by Gasteiger charge is -2.00. The first-order valence-corrected chi connectivity index (χ1v) is 4.73. The minimum Gasteiger partial charge on any atom is -0.393 e. The number of aliphatic hydroxyl groups excluding tert-OH is 1. The van der Waals surface area contributed by atoms with Gasteiger partial charge in [0, 0.05) is 5.41 Å². The van der Waals surface area contributed by atoms with Crippen LogP contribution in [0.3, 0.4) is 0 Å². The molecule has 0 fully saturated rings. The van der Waals surface area contributed by atoms with Crippen molar-refractivity contribution in [1.29, 1.82) is 0 Å². The van der Waals surface area contributed by atoms with Gasteiger partial charge in [-0.25, -0.2) is 8.42 Å². The molecule has 0 spiro atoms. The fraction of sp³-hybridized carbons (Fsp3) is 0.667. The lowest BCUT2D eigenvalue weighted by atomic mass is 10.3. The fourth-order valence-electron chi connectivity index (χ4n) is 0.418. The molecule has 0 saturated heterocycles. The van der Waals surface area contributed by atoms with Crippen molar-refractivity contribution >= 4 is 9.84 Å². The van der Waals surface area contributed by atoms with E-state index in [0.29, 0.717) is 0 Å². The lowest BCUT2D eigenvalue weighted by Crippen LogP contribution is -2.09. The van der Waals surface area contributed by atoms with Crippen molar-refractivity contribution in [2.75, 3.05) is 5.75 Å². The highest BCUT2D eigenvalue weighted by atomic mass is 32.2. The molecule has 0 amide bonds. The van der Waals surface area contributed by atoms with Crippen molar-refractivity contribution in [1.82, 2.24) is 0 Å². The molecule has 60 valence electrons. The van der Waals surface area contributed by atoms with Gasteiger partial charge in [-0.3, -0.25) is 0 Å². The highest BCUT2D eigenvalue weighted by Crippen LogP contribution is 1.97. The average molecular weight is 164 g/mol. The van der Waals surface area contributed by atoms with E-state index in [1.165, 1.54) is 0 Å². The third-order valence-electron chi connectivity index (χ3n) is 1.07. The van der Waals surface area contributed by atoms with Crippen LogP contribution in [-0.4, -0.2) is 25.4 Å². The Morgan fingerprint density at radius 3 is 2.50 bits per heavy atom. The van der Waals surface area contributed by atoms with E-state index in [1.54, 1.807) is 6.92 Å². The second-order valence-corrected chi connectivity index (χ2v) is 4.24. The molecule has 0 aromatic carbocycles. The van der Waals surface area contributed by atoms with Gasteiger partial charge in [0.15, 0.2) is 9.84 Å². The van der Waals surface area contributed by atoms with Crippen LogP contribution >= 0.6 is 0 Å². The maximum atomic E-state index is 10.7. The van der Waals surface area contributed by atoms with Crippen LogP contribution in [0.2, 0.25) is 0 Å². The molecule has 0 aromatic heterocycles. The molecule has 0 radical (unpaired) electrons. The molecule has 0 rings (SSSR count). The van der Waals surface area contributed by atoms with Gasteiger partial charge in [-0.2, -0.15) is 0 Å². The molecule has 0 saturated carbocycles. The monoisotopic (exact) mass is 164 g/mol. The van der Waals surface area contributed by atoms with E-state index < -0.39 is 15.9 Å². The smallest absolute Gasteiger partial charge is 0.171 e. The van der Waals surface area contributed by atoms with E-state index in [9.17, 15) is 8.42 Å². The largest absolute Gasteiger partial charge is 0.393 e. The van der Waals surface area contributed by atoms with E-state index in [-0.39, 0.29) is 12.2 Å². The van der Waals surface area contributed by atoms with Gasteiger partial charge in [-0.15, -0.1) is 0 Å². The second-order valence-electron chi connectivity index (χ2n) is 2.17. The first kappa shape index (κ1) is 9.65. The van der Waals surface area contributed by atoms with Gasteiger partial charge >= 0.3 is 0 Å². The van der Waals surface area contributed by atoms with Crippen LogP contribution in [-0.2, 0) is 9.84 Å². The summed E-state index contributed by atoms with van der Waals surface area (Å²) in [5.74, 6) is -0.0197.